The van der Waals surface area contributed by atoms with Crippen molar-refractivity contribution < 1.29 is 0 Å². The van der Waals surface area contributed by atoms with Crippen LogP contribution in [0.1, 0.15) is 5.56 Å². The molecule has 0 aliphatic rings. The van der Waals surface area contributed by atoms with Crippen LogP contribution in [0.25, 0.3) is 0 Å². The Morgan fingerprint density at radius 1 is 1.54 bits per heavy atom. The molecule has 1 rings (SSSR count). The van der Waals surface area contributed by atoms with E-state index >= 15 is 0 Å². The van der Waals surface area contributed by atoms with Crippen LogP contribution >= 0.6 is 35.1 Å². The van der Waals surface area contributed by atoms with Crippen molar-refractivity contribution in [3.05, 3.63) is 5.56 Å². The van der Waals surface area contributed by atoms with Crippen LogP contribution in [0, 0.1) is 22.7 Å². The van der Waals surface area contributed by atoms with E-state index in [1.165, 1.54) is 35.1 Å². The summed E-state index contributed by atoms with van der Waals surface area (Å²) in [7, 11) is 0. The fourth-order valence-electron chi connectivity index (χ4n) is 0.693. The summed E-state index contributed by atoms with van der Waals surface area (Å²) in [6.07, 6.45) is 1.91. The molecule has 0 bridgehead atoms. The third kappa shape index (κ3) is 2.38. The highest BCUT2D eigenvalue weighted by molar-refractivity contribution is 8.01. The average molecular weight is 227 g/mol. The van der Waals surface area contributed by atoms with Crippen LogP contribution in [0.2, 0.25) is 0 Å². The fraction of sp³-hybridized carbons (Fsp3) is 0.286. The monoisotopic (exact) mass is 227 g/mol. The minimum atomic E-state index is 0.340. The Kier molecular flexibility index (Phi) is 4.10. The molecule has 0 aromatic carbocycles. The summed E-state index contributed by atoms with van der Waals surface area (Å²) in [5.74, 6) is 0.340. The number of thioether (sulfide) groups is 2. The van der Waals surface area contributed by atoms with Crippen molar-refractivity contribution in [2.45, 2.75) is 9.24 Å². The molecule has 3 nitrogen and oxygen atoms in total. The van der Waals surface area contributed by atoms with Crippen molar-refractivity contribution in [3.8, 4) is 12.1 Å². The molecule has 1 heterocycles. The third-order valence-electron chi connectivity index (χ3n) is 1.20. The molecule has 0 saturated carbocycles. The van der Waals surface area contributed by atoms with Crippen LogP contribution in [0.3, 0.4) is 0 Å². The number of nitriles is 2. The van der Waals surface area contributed by atoms with Gasteiger partial charge in [-0.25, -0.2) is 0 Å². The van der Waals surface area contributed by atoms with E-state index < -0.39 is 0 Å². The van der Waals surface area contributed by atoms with Gasteiger partial charge >= 0.3 is 0 Å². The summed E-state index contributed by atoms with van der Waals surface area (Å²) in [4.78, 5) is 0. The Hall–Kier alpha value is -0.690. The van der Waals surface area contributed by atoms with Crippen LogP contribution in [0.5, 0.6) is 0 Å². The molecule has 0 atom stereocenters. The molecule has 0 saturated heterocycles. The SMILES string of the molecule is CSc1snc(SCC#N)c1C#N. The highest BCUT2D eigenvalue weighted by Crippen LogP contribution is 2.32. The van der Waals surface area contributed by atoms with Crippen molar-refractivity contribution in [2.24, 2.45) is 0 Å². The van der Waals surface area contributed by atoms with Crippen molar-refractivity contribution in [1.82, 2.24) is 4.37 Å². The average Bonchev–Trinajstić information content (AvgIpc) is 2.56. The number of hydrogen-bond acceptors (Lipinski definition) is 6. The first-order valence-corrected chi connectivity index (χ1v) is 6.25. The van der Waals surface area contributed by atoms with Crippen LogP contribution in [-0.4, -0.2) is 16.4 Å². The molecule has 0 amide bonds. The highest BCUT2D eigenvalue weighted by Gasteiger charge is 2.12. The van der Waals surface area contributed by atoms with Crippen LogP contribution in [-0.2, 0) is 0 Å². The second-order valence-electron chi connectivity index (χ2n) is 1.91. The van der Waals surface area contributed by atoms with E-state index in [1.54, 1.807) is 0 Å². The van der Waals surface area contributed by atoms with Gasteiger partial charge in [-0.1, -0.05) is 11.8 Å². The predicted octanol–water partition coefficient (Wildman–Crippen LogP) is 2.35. The van der Waals surface area contributed by atoms with E-state index in [2.05, 4.69) is 10.4 Å². The van der Waals surface area contributed by atoms with Gasteiger partial charge in [-0.3, -0.25) is 0 Å². The zero-order valence-electron chi connectivity index (χ0n) is 6.77. The molecular formula is C7H5N3S3. The largest absolute Gasteiger partial charge is 0.197 e. The second-order valence-corrected chi connectivity index (χ2v) is 4.73. The van der Waals surface area contributed by atoms with Gasteiger partial charge in [0.05, 0.1) is 16.0 Å². The van der Waals surface area contributed by atoms with E-state index in [0.29, 0.717) is 16.3 Å². The molecule has 66 valence electrons. The fourth-order valence-corrected chi connectivity index (χ4v) is 2.89. The molecule has 0 aliphatic heterocycles. The summed E-state index contributed by atoms with van der Waals surface area (Å²) in [5, 5.41) is 17.9. The van der Waals surface area contributed by atoms with Gasteiger partial charge in [0.15, 0.2) is 0 Å². The maximum absolute atomic E-state index is 8.83. The van der Waals surface area contributed by atoms with Crippen molar-refractivity contribution >= 4 is 35.1 Å². The number of rotatable bonds is 3. The predicted molar refractivity (Wildman–Crippen MR) is 54.9 cm³/mol. The first-order chi connectivity index (χ1) is 6.33. The van der Waals surface area contributed by atoms with Gasteiger partial charge in [0, 0.05) is 0 Å². The lowest BCUT2D eigenvalue weighted by Gasteiger charge is -1.90. The van der Waals surface area contributed by atoms with Gasteiger partial charge < -0.3 is 0 Å². The van der Waals surface area contributed by atoms with Crippen molar-refractivity contribution in [2.75, 3.05) is 12.0 Å². The summed E-state index contributed by atoms with van der Waals surface area (Å²) in [5.41, 5.74) is 0.609. The molecule has 0 N–H and O–H groups in total. The summed E-state index contributed by atoms with van der Waals surface area (Å²) >= 11 is 4.13. The maximum atomic E-state index is 8.83. The van der Waals surface area contributed by atoms with E-state index in [4.69, 9.17) is 10.5 Å². The Bertz CT molecular complexity index is 371. The van der Waals surface area contributed by atoms with E-state index in [0.717, 1.165) is 4.21 Å². The lowest BCUT2D eigenvalue weighted by molar-refractivity contribution is 1.23. The van der Waals surface area contributed by atoms with E-state index in [9.17, 15) is 0 Å². The van der Waals surface area contributed by atoms with Gasteiger partial charge in [0.2, 0.25) is 0 Å². The van der Waals surface area contributed by atoms with Crippen molar-refractivity contribution in [3.63, 3.8) is 0 Å². The van der Waals surface area contributed by atoms with Gasteiger partial charge in [-0.05, 0) is 17.8 Å². The van der Waals surface area contributed by atoms with Gasteiger partial charge in [-0.15, -0.1) is 11.8 Å². The zero-order valence-corrected chi connectivity index (χ0v) is 9.22. The third-order valence-corrected chi connectivity index (χ3v) is 4.10. The summed E-state index contributed by atoms with van der Waals surface area (Å²) < 4.78 is 5.02. The molecule has 0 fully saturated rings. The minimum absolute atomic E-state index is 0.340. The van der Waals surface area contributed by atoms with E-state index in [1.807, 2.05) is 12.3 Å². The van der Waals surface area contributed by atoms with Crippen LogP contribution in [0.4, 0.5) is 0 Å². The number of aromatic nitrogens is 1. The zero-order chi connectivity index (χ0) is 9.68. The van der Waals surface area contributed by atoms with Crippen molar-refractivity contribution in [1.29, 1.82) is 10.5 Å². The summed E-state index contributed by atoms with van der Waals surface area (Å²) in [6.45, 7) is 0. The van der Waals surface area contributed by atoms with Gasteiger partial charge in [0.1, 0.15) is 16.7 Å². The first kappa shape index (κ1) is 10.4. The molecule has 0 unspecified atom stereocenters. The van der Waals surface area contributed by atoms with E-state index in [-0.39, 0.29) is 0 Å². The molecule has 13 heavy (non-hydrogen) atoms. The smallest absolute Gasteiger partial charge is 0.130 e. The van der Waals surface area contributed by atoms with Crippen LogP contribution < -0.4 is 0 Å². The molecule has 6 heteroatoms. The lowest BCUT2D eigenvalue weighted by atomic mass is 10.4. The second kappa shape index (κ2) is 5.13. The Balaban J connectivity index is 2.91. The highest BCUT2D eigenvalue weighted by atomic mass is 32.2. The molecule has 0 aliphatic carbocycles. The topological polar surface area (TPSA) is 60.5 Å². The summed E-state index contributed by atoms with van der Waals surface area (Å²) in [6, 6.07) is 4.11. The van der Waals surface area contributed by atoms with Crippen LogP contribution in [0.15, 0.2) is 9.24 Å². The first-order valence-electron chi connectivity index (χ1n) is 3.27. The van der Waals surface area contributed by atoms with Gasteiger partial charge in [0.25, 0.3) is 0 Å². The quantitative estimate of drug-likeness (QED) is 0.742. The molecule has 1 aromatic heterocycles. The Labute approximate surface area is 88.9 Å². The minimum Gasteiger partial charge on any atom is -0.197 e. The molecule has 0 radical (unpaired) electrons. The van der Waals surface area contributed by atoms with Gasteiger partial charge in [-0.2, -0.15) is 14.9 Å². The Morgan fingerprint density at radius 2 is 2.31 bits per heavy atom. The number of hydrogen-bond donors (Lipinski definition) is 0. The maximum Gasteiger partial charge on any atom is 0.130 e. The lowest BCUT2D eigenvalue weighted by Crippen LogP contribution is -1.79. The molecule has 1 aromatic rings. The standard InChI is InChI=1S/C7H5N3S3/c1-11-7-5(4-9)6(10-13-7)12-3-2-8/h3H2,1H3. The number of nitrogens with zero attached hydrogens (tertiary/aromatic N) is 3. The molecule has 0 spiro atoms. The normalized spacial score (nSPS) is 9.15. The molecular weight excluding hydrogens is 222 g/mol. The Morgan fingerprint density at radius 3 is 2.85 bits per heavy atom.